The maximum absolute atomic E-state index is 12.6. The Balaban J connectivity index is 2.81. The van der Waals surface area contributed by atoms with Crippen molar-refractivity contribution in [3.05, 3.63) is 35.9 Å². The Morgan fingerprint density at radius 1 is 1.17 bits per heavy atom. The van der Waals surface area contributed by atoms with E-state index in [9.17, 15) is 9.90 Å². The molecule has 4 N–H and O–H groups in total. The number of benzene rings is 1. The Hall–Kier alpha value is -1.39. The number of carbonyl (C=O) groups excluding carboxylic acids is 1. The van der Waals surface area contributed by atoms with Gasteiger partial charge in [-0.25, -0.2) is 0 Å². The van der Waals surface area contributed by atoms with Gasteiger partial charge in [0.25, 0.3) is 0 Å². The molecule has 0 saturated heterocycles. The Morgan fingerprint density at radius 3 is 2.25 bits per heavy atom. The summed E-state index contributed by atoms with van der Waals surface area (Å²) in [6.07, 6.45) is 1.23. The average Bonchev–Trinajstić information content (AvgIpc) is 2.46. The van der Waals surface area contributed by atoms with Crippen LogP contribution in [-0.4, -0.2) is 28.7 Å². The van der Waals surface area contributed by atoms with Gasteiger partial charge in [0, 0.05) is 11.6 Å². The fourth-order valence-electron chi connectivity index (χ4n) is 2.74. The minimum atomic E-state index is -0.855. The number of amides is 1. The molecular formula is C20H34N2O2. The van der Waals surface area contributed by atoms with E-state index in [1.54, 1.807) is 0 Å². The molecule has 0 fully saturated rings. The van der Waals surface area contributed by atoms with Crippen LogP contribution < -0.4 is 11.1 Å². The highest BCUT2D eigenvalue weighted by Crippen LogP contribution is 2.20. The Bertz CT molecular complexity index is 494. The van der Waals surface area contributed by atoms with Gasteiger partial charge in [-0.1, -0.05) is 50.6 Å². The lowest BCUT2D eigenvalue weighted by molar-refractivity contribution is -0.131. The highest BCUT2D eigenvalue weighted by molar-refractivity contribution is 5.80. The summed E-state index contributed by atoms with van der Waals surface area (Å²) >= 11 is 0. The third-order valence-corrected chi connectivity index (χ3v) is 4.06. The number of nitrogens with two attached hydrogens (primary N) is 1. The predicted molar refractivity (Wildman–Crippen MR) is 99.6 cm³/mol. The molecule has 1 rings (SSSR count). The van der Waals surface area contributed by atoms with Crippen molar-refractivity contribution in [2.45, 2.75) is 71.6 Å². The summed E-state index contributed by atoms with van der Waals surface area (Å²) in [5.74, 6) is -0.114. The van der Waals surface area contributed by atoms with Crippen molar-refractivity contribution in [1.29, 1.82) is 0 Å². The lowest BCUT2D eigenvalue weighted by Crippen LogP contribution is -2.51. The van der Waals surface area contributed by atoms with Crippen LogP contribution in [-0.2, 0) is 11.2 Å². The second-order valence-electron chi connectivity index (χ2n) is 8.16. The van der Waals surface area contributed by atoms with Crippen LogP contribution in [0.4, 0.5) is 0 Å². The molecule has 0 aromatic heterocycles. The maximum Gasteiger partial charge on any atom is 0.226 e. The van der Waals surface area contributed by atoms with Gasteiger partial charge in [0.2, 0.25) is 5.91 Å². The zero-order valence-electron chi connectivity index (χ0n) is 15.8. The van der Waals surface area contributed by atoms with Gasteiger partial charge >= 0.3 is 0 Å². The molecule has 1 aromatic rings. The summed E-state index contributed by atoms with van der Waals surface area (Å²) in [6.45, 7) is 10.1. The van der Waals surface area contributed by atoms with E-state index in [1.165, 1.54) is 0 Å². The van der Waals surface area contributed by atoms with Crippen LogP contribution in [0.5, 0.6) is 0 Å². The zero-order chi connectivity index (χ0) is 18.3. The Morgan fingerprint density at radius 2 is 1.75 bits per heavy atom. The largest absolute Gasteiger partial charge is 0.391 e. The molecule has 0 heterocycles. The molecule has 3 atom stereocenters. The highest BCUT2D eigenvalue weighted by atomic mass is 16.3. The van der Waals surface area contributed by atoms with Crippen molar-refractivity contribution in [2.24, 2.45) is 17.6 Å². The number of hydrogen-bond acceptors (Lipinski definition) is 3. The molecule has 4 heteroatoms. The van der Waals surface area contributed by atoms with Crippen molar-refractivity contribution in [1.82, 2.24) is 5.32 Å². The summed E-state index contributed by atoms with van der Waals surface area (Å²) in [7, 11) is 0. The molecule has 136 valence electrons. The van der Waals surface area contributed by atoms with Crippen molar-refractivity contribution in [3.63, 3.8) is 0 Å². The van der Waals surface area contributed by atoms with Crippen molar-refractivity contribution < 1.29 is 9.90 Å². The van der Waals surface area contributed by atoms with Gasteiger partial charge in [-0.3, -0.25) is 4.79 Å². The quantitative estimate of drug-likeness (QED) is 0.684. The van der Waals surface area contributed by atoms with Gasteiger partial charge in [0.15, 0.2) is 0 Å². The zero-order valence-corrected chi connectivity index (χ0v) is 15.8. The third-order valence-electron chi connectivity index (χ3n) is 4.06. The van der Waals surface area contributed by atoms with Crippen LogP contribution in [0.1, 0.15) is 53.0 Å². The van der Waals surface area contributed by atoms with E-state index in [0.29, 0.717) is 18.8 Å². The molecule has 4 nitrogen and oxygen atoms in total. The number of rotatable bonds is 8. The SMILES string of the molecule is CC(C)CCC(C(=O)NC(C)(C)C)[C@@H](O)[C@@H](N)Cc1ccccc1. The Kier molecular flexibility index (Phi) is 7.91. The van der Waals surface area contributed by atoms with Crippen LogP contribution in [0.25, 0.3) is 0 Å². The molecule has 0 radical (unpaired) electrons. The van der Waals surface area contributed by atoms with E-state index in [4.69, 9.17) is 5.73 Å². The summed E-state index contributed by atoms with van der Waals surface area (Å²) < 4.78 is 0. The second-order valence-corrected chi connectivity index (χ2v) is 8.16. The number of aliphatic hydroxyl groups excluding tert-OH is 1. The summed E-state index contributed by atoms with van der Waals surface area (Å²) in [5, 5.41) is 13.7. The molecule has 1 amide bonds. The first-order chi connectivity index (χ1) is 11.1. The van der Waals surface area contributed by atoms with Crippen LogP contribution in [0.15, 0.2) is 30.3 Å². The topological polar surface area (TPSA) is 75.3 Å². The summed E-state index contributed by atoms with van der Waals surface area (Å²) in [4.78, 5) is 12.6. The van der Waals surface area contributed by atoms with Crippen LogP contribution >= 0.6 is 0 Å². The van der Waals surface area contributed by atoms with Gasteiger partial charge in [0.05, 0.1) is 12.0 Å². The van der Waals surface area contributed by atoms with E-state index in [1.807, 2.05) is 51.1 Å². The standard InChI is InChI=1S/C20H34N2O2/c1-14(2)11-12-16(19(24)22-20(3,4)5)18(23)17(21)13-15-9-7-6-8-10-15/h6-10,14,16-18,23H,11-13,21H2,1-5H3,(H,22,24)/t16?,17-,18+/m0/s1. The van der Waals surface area contributed by atoms with Gasteiger partial charge in [0.1, 0.15) is 0 Å². The molecule has 0 bridgehead atoms. The van der Waals surface area contributed by atoms with E-state index in [-0.39, 0.29) is 11.4 Å². The maximum atomic E-state index is 12.6. The number of nitrogens with one attached hydrogen (secondary N) is 1. The predicted octanol–water partition coefficient (Wildman–Crippen LogP) is 2.88. The van der Waals surface area contributed by atoms with Crippen molar-refractivity contribution >= 4 is 5.91 Å². The lowest BCUT2D eigenvalue weighted by Gasteiger charge is -2.30. The highest BCUT2D eigenvalue weighted by Gasteiger charge is 2.32. The first kappa shape index (κ1) is 20.7. The molecular weight excluding hydrogens is 300 g/mol. The normalized spacial score (nSPS) is 15.8. The molecule has 0 aliphatic rings. The van der Waals surface area contributed by atoms with E-state index < -0.39 is 18.1 Å². The number of carbonyl (C=O) groups is 1. The number of hydrogen-bond donors (Lipinski definition) is 3. The van der Waals surface area contributed by atoms with E-state index in [2.05, 4.69) is 19.2 Å². The minimum absolute atomic E-state index is 0.112. The fraction of sp³-hybridized carbons (Fsp3) is 0.650. The lowest BCUT2D eigenvalue weighted by atomic mass is 9.86. The first-order valence-corrected chi connectivity index (χ1v) is 8.89. The fourth-order valence-corrected chi connectivity index (χ4v) is 2.74. The molecule has 0 aliphatic heterocycles. The van der Waals surface area contributed by atoms with Gasteiger partial charge in [-0.05, 0) is 45.1 Å². The molecule has 0 spiro atoms. The van der Waals surface area contributed by atoms with Crippen LogP contribution in [0.3, 0.4) is 0 Å². The number of aliphatic hydroxyl groups is 1. The van der Waals surface area contributed by atoms with Crippen molar-refractivity contribution in [3.8, 4) is 0 Å². The van der Waals surface area contributed by atoms with E-state index in [0.717, 1.165) is 12.0 Å². The second kappa shape index (κ2) is 9.19. The molecule has 0 aliphatic carbocycles. The summed E-state index contributed by atoms with van der Waals surface area (Å²) in [5.41, 5.74) is 6.98. The monoisotopic (exact) mass is 334 g/mol. The summed E-state index contributed by atoms with van der Waals surface area (Å²) in [6, 6.07) is 9.38. The van der Waals surface area contributed by atoms with Crippen molar-refractivity contribution in [2.75, 3.05) is 0 Å². The average molecular weight is 335 g/mol. The van der Waals surface area contributed by atoms with E-state index >= 15 is 0 Å². The van der Waals surface area contributed by atoms with Gasteiger partial charge in [-0.15, -0.1) is 0 Å². The smallest absolute Gasteiger partial charge is 0.226 e. The van der Waals surface area contributed by atoms with Crippen LogP contribution in [0.2, 0.25) is 0 Å². The van der Waals surface area contributed by atoms with Gasteiger partial charge < -0.3 is 16.2 Å². The Labute approximate surface area is 146 Å². The minimum Gasteiger partial charge on any atom is -0.391 e. The van der Waals surface area contributed by atoms with Crippen LogP contribution in [0, 0.1) is 11.8 Å². The first-order valence-electron chi connectivity index (χ1n) is 8.89. The molecule has 1 aromatic carbocycles. The van der Waals surface area contributed by atoms with Gasteiger partial charge in [-0.2, -0.15) is 0 Å². The molecule has 0 saturated carbocycles. The third kappa shape index (κ3) is 7.45. The molecule has 24 heavy (non-hydrogen) atoms. The molecule has 1 unspecified atom stereocenters.